The third-order valence-electron chi connectivity index (χ3n) is 1.96. The van der Waals surface area contributed by atoms with E-state index in [2.05, 4.69) is 15.0 Å². The minimum atomic E-state index is -0.525. The first-order chi connectivity index (χ1) is 8.22. The summed E-state index contributed by atoms with van der Waals surface area (Å²) < 4.78 is 22.3. The van der Waals surface area contributed by atoms with E-state index in [1.165, 1.54) is 12.1 Å². The van der Waals surface area contributed by atoms with Crippen LogP contribution in [0.2, 0.25) is 5.02 Å². The van der Waals surface area contributed by atoms with Crippen LogP contribution in [0.3, 0.4) is 0 Å². The number of para-hydroxylation sites is 1. The molecule has 0 unspecified atom stereocenters. The summed E-state index contributed by atoms with van der Waals surface area (Å²) in [6, 6.07) is 4.31. The Kier molecular flexibility index (Phi) is 3.72. The van der Waals surface area contributed by atoms with Gasteiger partial charge >= 0.3 is 0 Å². The third-order valence-corrected chi connectivity index (χ3v) is 2.96. The number of nitrogen functional groups attached to an aromatic ring is 1. The lowest BCUT2D eigenvalue weighted by atomic mass is 10.3. The zero-order chi connectivity index (χ0) is 12.3. The van der Waals surface area contributed by atoms with Crippen molar-refractivity contribution in [1.29, 1.82) is 0 Å². The van der Waals surface area contributed by atoms with Gasteiger partial charge in [-0.2, -0.15) is 0 Å². The Labute approximate surface area is 105 Å². The molecule has 0 aliphatic rings. The standard InChI is InChI=1S/C9H8ClFN4OS/c10-5-2-1-3-6(11)8(5)16-4-7-9(13-12)17-15-14-7/h1-3,13H,4,12H2. The minimum absolute atomic E-state index is 0.00913. The summed E-state index contributed by atoms with van der Waals surface area (Å²) in [4.78, 5) is 0. The molecule has 0 bridgehead atoms. The summed E-state index contributed by atoms with van der Waals surface area (Å²) in [6.45, 7) is 0.0384. The molecule has 17 heavy (non-hydrogen) atoms. The van der Waals surface area contributed by atoms with E-state index in [0.29, 0.717) is 10.7 Å². The quantitative estimate of drug-likeness (QED) is 0.660. The van der Waals surface area contributed by atoms with Crippen LogP contribution in [0, 0.1) is 5.82 Å². The largest absolute Gasteiger partial charge is 0.482 e. The van der Waals surface area contributed by atoms with Crippen LogP contribution in [0.5, 0.6) is 5.75 Å². The SMILES string of the molecule is NNc1snnc1COc1c(F)cccc1Cl. The number of benzene rings is 1. The molecule has 1 aromatic carbocycles. The smallest absolute Gasteiger partial charge is 0.174 e. The number of ether oxygens (including phenoxy) is 1. The van der Waals surface area contributed by atoms with E-state index in [1.807, 2.05) is 0 Å². The van der Waals surface area contributed by atoms with E-state index >= 15 is 0 Å². The van der Waals surface area contributed by atoms with Gasteiger partial charge in [-0.15, -0.1) is 5.10 Å². The van der Waals surface area contributed by atoms with E-state index in [1.54, 1.807) is 6.07 Å². The van der Waals surface area contributed by atoms with Crippen LogP contribution in [-0.4, -0.2) is 9.59 Å². The number of hydrazine groups is 1. The average Bonchev–Trinajstić information content (AvgIpc) is 2.76. The summed E-state index contributed by atoms with van der Waals surface area (Å²) in [7, 11) is 0. The molecule has 1 aromatic heterocycles. The summed E-state index contributed by atoms with van der Waals surface area (Å²) in [5, 5.41) is 4.57. The van der Waals surface area contributed by atoms with Crippen LogP contribution in [0.4, 0.5) is 9.39 Å². The summed E-state index contributed by atoms with van der Waals surface area (Å²) in [6.07, 6.45) is 0. The van der Waals surface area contributed by atoms with Crippen LogP contribution < -0.4 is 16.0 Å². The number of anilines is 1. The number of rotatable bonds is 4. The van der Waals surface area contributed by atoms with Gasteiger partial charge in [0.25, 0.3) is 0 Å². The molecule has 8 heteroatoms. The molecule has 0 atom stereocenters. The van der Waals surface area contributed by atoms with Crippen molar-refractivity contribution in [3.8, 4) is 5.75 Å². The van der Waals surface area contributed by atoms with Crippen molar-refractivity contribution in [1.82, 2.24) is 9.59 Å². The van der Waals surface area contributed by atoms with Gasteiger partial charge in [0, 0.05) is 11.5 Å². The van der Waals surface area contributed by atoms with Crippen molar-refractivity contribution in [3.63, 3.8) is 0 Å². The highest BCUT2D eigenvalue weighted by molar-refractivity contribution is 7.10. The molecule has 1 heterocycles. The molecule has 0 radical (unpaired) electrons. The maximum Gasteiger partial charge on any atom is 0.174 e. The monoisotopic (exact) mass is 274 g/mol. The highest BCUT2D eigenvalue weighted by Gasteiger charge is 2.11. The van der Waals surface area contributed by atoms with E-state index in [0.717, 1.165) is 11.5 Å². The Morgan fingerprint density at radius 2 is 2.35 bits per heavy atom. The Hall–Kier alpha value is -1.44. The second-order valence-corrected chi connectivity index (χ2v) is 4.19. The summed E-state index contributed by atoms with van der Waals surface area (Å²) >= 11 is 6.89. The van der Waals surface area contributed by atoms with Gasteiger partial charge in [0.15, 0.2) is 16.6 Å². The van der Waals surface area contributed by atoms with Gasteiger partial charge in [0.05, 0.1) is 5.02 Å². The summed E-state index contributed by atoms with van der Waals surface area (Å²) in [5.41, 5.74) is 2.92. The average molecular weight is 275 g/mol. The number of hydrogen-bond donors (Lipinski definition) is 2. The van der Waals surface area contributed by atoms with Gasteiger partial charge in [0.2, 0.25) is 0 Å². The maximum absolute atomic E-state index is 13.4. The Morgan fingerprint density at radius 1 is 1.53 bits per heavy atom. The maximum atomic E-state index is 13.4. The predicted molar refractivity (Wildman–Crippen MR) is 63.5 cm³/mol. The minimum Gasteiger partial charge on any atom is -0.482 e. The van der Waals surface area contributed by atoms with E-state index in [-0.39, 0.29) is 17.4 Å². The molecule has 0 fully saturated rings. The van der Waals surface area contributed by atoms with Gasteiger partial charge in [-0.1, -0.05) is 22.2 Å². The van der Waals surface area contributed by atoms with E-state index in [4.69, 9.17) is 22.2 Å². The molecule has 3 N–H and O–H groups in total. The number of nitrogens with zero attached hydrogens (tertiary/aromatic N) is 2. The van der Waals surface area contributed by atoms with E-state index < -0.39 is 5.82 Å². The fourth-order valence-electron chi connectivity index (χ4n) is 1.17. The Balaban J connectivity index is 2.13. The lowest BCUT2D eigenvalue weighted by Gasteiger charge is -2.07. The molecule has 0 saturated heterocycles. The lowest BCUT2D eigenvalue weighted by Crippen LogP contribution is -2.09. The predicted octanol–water partition coefficient (Wildman–Crippen LogP) is 2.20. The molecule has 2 rings (SSSR count). The van der Waals surface area contributed by atoms with Crippen LogP contribution in [0.1, 0.15) is 5.69 Å². The summed E-state index contributed by atoms with van der Waals surface area (Å²) in [5.74, 6) is 4.71. The first-order valence-corrected chi connectivity index (χ1v) is 5.72. The molecule has 0 aliphatic heterocycles. The Bertz CT molecular complexity index is 501. The lowest BCUT2D eigenvalue weighted by molar-refractivity contribution is 0.286. The van der Waals surface area contributed by atoms with Gasteiger partial charge in [-0.25, -0.2) is 10.2 Å². The van der Waals surface area contributed by atoms with Crippen LogP contribution >= 0.6 is 23.1 Å². The highest BCUT2D eigenvalue weighted by atomic mass is 35.5. The fraction of sp³-hybridized carbons (Fsp3) is 0.111. The first kappa shape index (κ1) is 12.0. The van der Waals surface area contributed by atoms with Crippen LogP contribution in [0.15, 0.2) is 18.2 Å². The van der Waals surface area contributed by atoms with Crippen molar-refractivity contribution < 1.29 is 9.13 Å². The van der Waals surface area contributed by atoms with Gasteiger partial charge < -0.3 is 10.2 Å². The van der Waals surface area contributed by atoms with Crippen molar-refractivity contribution in [3.05, 3.63) is 34.7 Å². The number of nitrogens with two attached hydrogens (primary N) is 1. The Morgan fingerprint density at radius 3 is 3.06 bits per heavy atom. The zero-order valence-corrected chi connectivity index (χ0v) is 10.1. The number of aromatic nitrogens is 2. The normalized spacial score (nSPS) is 10.3. The van der Waals surface area contributed by atoms with Crippen molar-refractivity contribution in [2.75, 3.05) is 5.43 Å². The van der Waals surface area contributed by atoms with Crippen molar-refractivity contribution in [2.24, 2.45) is 5.84 Å². The zero-order valence-electron chi connectivity index (χ0n) is 8.48. The van der Waals surface area contributed by atoms with Gasteiger partial charge in [-0.05, 0) is 12.1 Å². The van der Waals surface area contributed by atoms with Crippen molar-refractivity contribution in [2.45, 2.75) is 6.61 Å². The molecule has 2 aromatic rings. The number of halogens is 2. The molecule has 0 aliphatic carbocycles. The molecule has 0 amide bonds. The molecule has 0 spiro atoms. The first-order valence-electron chi connectivity index (χ1n) is 4.57. The van der Waals surface area contributed by atoms with Crippen LogP contribution in [0.25, 0.3) is 0 Å². The number of hydrogen-bond acceptors (Lipinski definition) is 6. The third kappa shape index (κ3) is 2.63. The van der Waals surface area contributed by atoms with Gasteiger partial charge in [-0.3, -0.25) is 0 Å². The van der Waals surface area contributed by atoms with Gasteiger partial charge in [0.1, 0.15) is 12.3 Å². The number of nitrogens with one attached hydrogen (secondary N) is 1. The topological polar surface area (TPSA) is 73.1 Å². The molecular weight excluding hydrogens is 267 g/mol. The molecule has 90 valence electrons. The second kappa shape index (κ2) is 5.26. The van der Waals surface area contributed by atoms with Crippen molar-refractivity contribution >= 4 is 28.1 Å². The molecule has 0 saturated carbocycles. The molecular formula is C9H8ClFN4OS. The van der Waals surface area contributed by atoms with Crippen LogP contribution in [-0.2, 0) is 6.61 Å². The molecule has 5 nitrogen and oxygen atoms in total. The fourth-order valence-corrected chi connectivity index (χ4v) is 1.87. The second-order valence-electron chi connectivity index (χ2n) is 3.03. The van der Waals surface area contributed by atoms with E-state index in [9.17, 15) is 4.39 Å². The highest BCUT2D eigenvalue weighted by Crippen LogP contribution is 2.28.